The summed E-state index contributed by atoms with van der Waals surface area (Å²) < 4.78 is 0. The van der Waals surface area contributed by atoms with Gasteiger partial charge in [0.15, 0.2) is 0 Å². The minimum atomic E-state index is -0.151. The minimum Gasteiger partial charge on any atom is -0.337 e. The molecule has 5 heteroatoms. The Morgan fingerprint density at radius 3 is 2.84 bits per heavy atom. The maximum absolute atomic E-state index is 12.8. The van der Waals surface area contributed by atoms with Crippen molar-refractivity contribution >= 4 is 28.8 Å². The summed E-state index contributed by atoms with van der Waals surface area (Å²) in [5.41, 5.74) is 3.16. The molecule has 132 valence electrons. The van der Waals surface area contributed by atoms with Crippen molar-refractivity contribution in [2.24, 2.45) is 5.92 Å². The van der Waals surface area contributed by atoms with Crippen molar-refractivity contribution in [2.45, 2.75) is 33.1 Å². The number of hydrogen-bond donors (Lipinski definition) is 1. The molecule has 0 bridgehead atoms. The zero-order valence-electron chi connectivity index (χ0n) is 14.7. The van der Waals surface area contributed by atoms with E-state index >= 15 is 0 Å². The first-order valence-electron chi connectivity index (χ1n) is 8.82. The van der Waals surface area contributed by atoms with Crippen LogP contribution in [0, 0.1) is 12.8 Å². The highest BCUT2D eigenvalue weighted by atomic mass is 32.1. The molecule has 0 spiro atoms. The SMILES string of the molecule is CCc1cccc(C)c1NC(=O)[C@H]1CCCN(C(=O)c2cccs2)C1. The summed E-state index contributed by atoms with van der Waals surface area (Å²) in [5, 5.41) is 5.03. The molecule has 0 unspecified atom stereocenters. The predicted octanol–water partition coefficient (Wildman–Crippen LogP) is 4.11. The third kappa shape index (κ3) is 3.93. The van der Waals surface area contributed by atoms with E-state index in [-0.39, 0.29) is 17.7 Å². The van der Waals surface area contributed by atoms with Crippen LogP contribution in [-0.2, 0) is 11.2 Å². The lowest BCUT2D eigenvalue weighted by Gasteiger charge is -2.32. The van der Waals surface area contributed by atoms with Gasteiger partial charge in [-0.3, -0.25) is 9.59 Å². The van der Waals surface area contributed by atoms with Gasteiger partial charge in [0.25, 0.3) is 5.91 Å². The molecular weight excluding hydrogens is 332 g/mol. The first-order chi connectivity index (χ1) is 12.1. The van der Waals surface area contributed by atoms with Gasteiger partial charge in [-0.1, -0.05) is 31.2 Å². The van der Waals surface area contributed by atoms with Gasteiger partial charge in [-0.2, -0.15) is 0 Å². The highest BCUT2D eigenvalue weighted by Gasteiger charge is 2.29. The molecule has 0 radical (unpaired) electrons. The Morgan fingerprint density at radius 2 is 2.12 bits per heavy atom. The van der Waals surface area contributed by atoms with Crippen LogP contribution >= 0.6 is 11.3 Å². The van der Waals surface area contributed by atoms with Crippen LogP contribution in [0.1, 0.15) is 40.6 Å². The van der Waals surface area contributed by atoms with E-state index in [4.69, 9.17) is 0 Å². The van der Waals surface area contributed by atoms with Crippen molar-refractivity contribution in [1.82, 2.24) is 4.90 Å². The van der Waals surface area contributed by atoms with Gasteiger partial charge < -0.3 is 10.2 Å². The number of anilines is 1. The molecule has 4 nitrogen and oxygen atoms in total. The van der Waals surface area contributed by atoms with Crippen molar-refractivity contribution in [1.29, 1.82) is 0 Å². The summed E-state index contributed by atoms with van der Waals surface area (Å²) in [7, 11) is 0. The summed E-state index contributed by atoms with van der Waals surface area (Å²) in [6.45, 7) is 5.33. The summed E-state index contributed by atoms with van der Waals surface area (Å²) in [4.78, 5) is 27.9. The Bertz CT molecular complexity index is 755. The molecule has 1 aliphatic rings. The first-order valence-corrected chi connectivity index (χ1v) is 9.70. The zero-order chi connectivity index (χ0) is 17.8. The predicted molar refractivity (Wildman–Crippen MR) is 102 cm³/mol. The number of piperidine rings is 1. The first kappa shape index (κ1) is 17.7. The van der Waals surface area contributed by atoms with Crippen LogP contribution in [0.5, 0.6) is 0 Å². The maximum atomic E-state index is 12.8. The summed E-state index contributed by atoms with van der Waals surface area (Å²) in [6, 6.07) is 9.82. The number of amides is 2. The van der Waals surface area contributed by atoms with Crippen LogP contribution in [-0.4, -0.2) is 29.8 Å². The van der Waals surface area contributed by atoms with Crippen LogP contribution in [0.2, 0.25) is 0 Å². The van der Waals surface area contributed by atoms with Gasteiger partial charge in [0.2, 0.25) is 5.91 Å². The van der Waals surface area contributed by atoms with E-state index in [2.05, 4.69) is 18.3 Å². The molecule has 1 aromatic carbocycles. The lowest BCUT2D eigenvalue weighted by atomic mass is 9.96. The van der Waals surface area contributed by atoms with Gasteiger partial charge in [-0.25, -0.2) is 0 Å². The molecule has 1 N–H and O–H groups in total. The van der Waals surface area contributed by atoms with Gasteiger partial charge >= 0.3 is 0 Å². The molecule has 0 saturated carbocycles. The van der Waals surface area contributed by atoms with Crippen LogP contribution in [0.3, 0.4) is 0 Å². The number of thiophene rings is 1. The van der Waals surface area contributed by atoms with E-state index in [1.165, 1.54) is 11.3 Å². The second kappa shape index (κ2) is 7.83. The number of carbonyl (C=O) groups excluding carboxylic acids is 2. The van der Waals surface area contributed by atoms with E-state index in [9.17, 15) is 9.59 Å². The third-order valence-corrected chi connectivity index (χ3v) is 5.66. The molecule has 25 heavy (non-hydrogen) atoms. The van der Waals surface area contributed by atoms with Crippen LogP contribution in [0.25, 0.3) is 0 Å². The van der Waals surface area contributed by atoms with Crippen molar-refractivity contribution in [3.05, 3.63) is 51.7 Å². The van der Waals surface area contributed by atoms with E-state index in [1.54, 1.807) is 0 Å². The highest BCUT2D eigenvalue weighted by Crippen LogP contribution is 2.25. The molecule has 0 aliphatic carbocycles. The van der Waals surface area contributed by atoms with E-state index in [1.807, 2.05) is 41.5 Å². The Kier molecular flexibility index (Phi) is 5.53. The van der Waals surface area contributed by atoms with E-state index in [0.29, 0.717) is 6.54 Å². The number of nitrogens with one attached hydrogen (secondary N) is 1. The molecule has 1 fully saturated rings. The Hall–Kier alpha value is -2.14. The van der Waals surface area contributed by atoms with Gasteiger partial charge in [-0.15, -0.1) is 11.3 Å². The molecular formula is C20H24N2O2S. The summed E-state index contributed by atoms with van der Waals surface area (Å²) in [5.74, 6) is -0.0905. The number of nitrogens with zero attached hydrogens (tertiary/aromatic N) is 1. The second-order valence-electron chi connectivity index (χ2n) is 6.52. The van der Waals surface area contributed by atoms with E-state index in [0.717, 1.165) is 47.5 Å². The fourth-order valence-electron chi connectivity index (χ4n) is 3.36. The van der Waals surface area contributed by atoms with E-state index < -0.39 is 0 Å². The molecule has 2 aromatic rings. The summed E-state index contributed by atoms with van der Waals surface area (Å²) >= 11 is 1.45. The number of para-hydroxylation sites is 1. The number of aryl methyl sites for hydroxylation is 2. The number of benzene rings is 1. The third-order valence-electron chi connectivity index (χ3n) is 4.80. The number of likely N-dealkylation sites (tertiary alicyclic amines) is 1. The highest BCUT2D eigenvalue weighted by molar-refractivity contribution is 7.12. The average Bonchev–Trinajstić information content (AvgIpc) is 3.17. The van der Waals surface area contributed by atoms with Gasteiger partial charge in [0, 0.05) is 18.8 Å². The standard InChI is InChI=1S/C20H24N2O2S/c1-3-15-8-4-7-14(2)18(15)21-19(23)16-9-5-11-22(13-16)20(24)17-10-6-12-25-17/h4,6-8,10,12,16H,3,5,9,11,13H2,1-2H3,(H,21,23)/t16-/m0/s1. The lowest BCUT2D eigenvalue weighted by Crippen LogP contribution is -2.43. The molecule has 3 rings (SSSR count). The average molecular weight is 356 g/mol. The zero-order valence-corrected chi connectivity index (χ0v) is 15.6. The molecule has 1 aromatic heterocycles. The minimum absolute atomic E-state index is 0.0210. The van der Waals surface area contributed by atoms with Crippen molar-refractivity contribution in [2.75, 3.05) is 18.4 Å². The Labute approximate surface area is 152 Å². The van der Waals surface area contributed by atoms with Crippen LogP contribution in [0.15, 0.2) is 35.7 Å². The molecule has 2 heterocycles. The fraction of sp³-hybridized carbons (Fsp3) is 0.400. The molecule has 1 atom stereocenters. The Balaban J connectivity index is 1.69. The van der Waals surface area contributed by atoms with Gasteiger partial charge in [0.05, 0.1) is 10.8 Å². The number of carbonyl (C=O) groups is 2. The second-order valence-corrected chi connectivity index (χ2v) is 7.47. The topological polar surface area (TPSA) is 49.4 Å². The smallest absolute Gasteiger partial charge is 0.263 e. The monoisotopic (exact) mass is 356 g/mol. The maximum Gasteiger partial charge on any atom is 0.263 e. The van der Waals surface area contributed by atoms with Crippen LogP contribution in [0.4, 0.5) is 5.69 Å². The lowest BCUT2D eigenvalue weighted by molar-refractivity contribution is -0.121. The van der Waals surface area contributed by atoms with Gasteiger partial charge in [-0.05, 0) is 48.8 Å². The molecule has 1 saturated heterocycles. The number of rotatable bonds is 4. The largest absolute Gasteiger partial charge is 0.337 e. The Morgan fingerprint density at radius 1 is 1.28 bits per heavy atom. The quantitative estimate of drug-likeness (QED) is 0.896. The number of hydrogen-bond acceptors (Lipinski definition) is 3. The molecule has 1 aliphatic heterocycles. The normalized spacial score (nSPS) is 17.4. The van der Waals surface area contributed by atoms with Crippen molar-refractivity contribution < 1.29 is 9.59 Å². The fourth-order valence-corrected chi connectivity index (χ4v) is 4.05. The van der Waals surface area contributed by atoms with Crippen LogP contribution < -0.4 is 5.32 Å². The summed E-state index contributed by atoms with van der Waals surface area (Å²) in [6.07, 6.45) is 2.57. The van der Waals surface area contributed by atoms with Crippen molar-refractivity contribution in [3.8, 4) is 0 Å². The van der Waals surface area contributed by atoms with Gasteiger partial charge in [0.1, 0.15) is 0 Å². The molecule has 2 amide bonds. The van der Waals surface area contributed by atoms with Crippen molar-refractivity contribution in [3.63, 3.8) is 0 Å².